The summed E-state index contributed by atoms with van der Waals surface area (Å²) in [4.78, 5) is 13.2. The zero-order valence-corrected chi connectivity index (χ0v) is 20.1. The number of hydrogen-bond donors (Lipinski definition) is 2. The first-order valence-corrected chi connectivity index (χ1v) is 12.1. The largest absolute Gasteiger partial charge is 0.481 e. The van der Waals surface area contributed by atoms with Crippen LogP contribution in [0.25, 0.3) is 0 Å². The predicted molar refractivity (Wildman–Crippen MR) is 127 cm³/mol. The highest BCUT2D eigenvalue weighted by molar-refractivity contribution is 6.30. The number of aliphatic hydroxyl groups is 1. The second-order valence-corrected chi connectivity index (χ2v) is 9.24. The van der Waals surface area contributed by atoms with E-state index in [0.717, 1.165) is 24.9 Å². The number of β-amino-alcohol motifs (C(OH)–C–C–N with tert-alkyl or cyclic N) is 1. The Bertz CT molecular complexity index is 974. The number of aliphatic hydroxyl groups excluding tert-OH is 1. The smallest absolute Gasteiger partial charge is 0.303 e. The summed E-state index contributed by atoms with van der Waals surface area (Å²) in [5, 5.41) is 19.8. The van der Waals surface area contributed by atoms with Crippen LogP contribution >= 0.6 is 11.6 Å². The van der Waals surface area contributed by atoms with Gasteiger partial charge in [-0.2, -0.15) is 0 Å². The van der Waals surface area contributed by atoms with Crippen molar-refractivity contribution >= 4 is 17.6 Å². The number of benzene rings is 2. The second kappa shape index (κ2) is 12.6. The summed E-state index contributed by atoms with van der Waals surface area (Å²) in [6.45, 7) is 3.25. The van der Waals surface area contributed by atoms with Gasteiger partial charge in [-0.1, -0.05) is 36.7 Å². The third kappa shape index (κ3) is 7.22. The van der Waals surface area contributed by atoms with Gasteiger partial charge in [-0.3, -0.25) is 9.69 Å². The number of carbonyl (C=O) groups is 1. The van der Waals surface area contributed by atoms with Crippen LogP contribution in [0.1, 0.15) is 55.4 Å². The molecule has 2 unspecified atom stereocenters. The van der Waals surface area contributed by atoms with Crippen molar-refractivity contribution in [1.29, 1.82) is 0 Å². The molecule has 34 heavy (non-hydrogen) atoms. The van der Waals surface area contributed by atoms with Crippen LogP contribution < -0.4 is 0 Å². The third-order valence-corrected chi connectivity index (χ3v) is 6.66. The summed E-state index contributed by atoms with van der Waals surface area (Å²) >= 11 is 5.78. The fourth-order valence-corrected chi connectivity index (χ4v) is 4.77. The molecular formula is C26H32ClF2NO4. The van der Waals surface area contributed by atoms with Gasteiger partial charge in [-0.15, -0.1) is 0 Å². The number of halogens is 3. The van der Waals surface area contributed by atoms with Crippen LogP contribution in [-0.2, 0) is 22.4 Å². The van der Waals surface area contributed by atoms with Crippen molar-refractivity contribution < 1.29 is 28.5 Å². The van der Waals surface area contributed by atoms with Crippen LogP contribution in [0.5, 0.6) is 0 Å². The lowest BCUT2D eigenvalue weighted by Crippen LogP contribution is -2.39. The van der Waals surface area contributed by atoms with Crippen molar-refractivity contribution in [3.8, 4) is 0 Å². The van der Waals surface area contributed by atoms with Crippen molar-refractivity contribution in [2.45, 2.75) is 63.7 Å². The molecular weight excluding hydrogens is 464 g/mol. The van der Waals surface area contributed by atoms with E-state index in [9.17, 15) is 18.7 Å². The van der Waals surface area contributed by atoms with E-state index >= 15 is 0 Å². The van der Waals surface area contributed by atoms with Gasteiger partial charge in [0, 0.05) is 19.0 Å². The summed E-state index contributed by atoms with van der Waals surface area (Å²) in [5.41, 5.74) is 1.84. The Morgan fingerprint density at radius 1 is 1.26 bits per heavy atom. The van der Waals surface area contributed by atoms with E-state index in [1.807, 2.05) is 13.0 Å². The molecule has 0 radical (unpaired) electrons. The molecule has 1 saturated heterocycles. The van der Waals surface area contributed by atoms with Crippen molar-refractivity contribution in [3.05, 3.63) is 69.7 Å². The highest BCUT2D eigenvalue weighted by Gasteiger charge is 2.27. The van der Waals surface area contributed by atoms with E-state index in [2.05, 4.69) is 4.90 Å². The van der Waals surface area contributed by atoms with Crippen molar-refractivity contribution in [2.24, 2.45) is 0 Å². The molecule has 3 rings (SSSR count). The molecule has 0 saturated carbocycles. The Balaban J connectivity index is 1.58. The molecule has 3 atom stereocenters. The Hall–Kier alpha value is -2.06. The Morgan fingerprint density at radius 2 is 2.06 bits per heavy atom. The fraction of sp³-hybridized carbons (Fsp3) is 0.500. The van der Waals surface area contributed by atoms with E-state index in [0.29, 0.717) is 30.5 Å². The van der Waals surface area contributed by atoms with Gasteiger partial charge in [0.25, 0.3) is 0 Å². The first-order chi connectivity index (χ1) is 16.3. The number of nitrogens with zero attached hydrogens (tertiary/aromatic N) is 1. The number of rotatable bonds is 12. The first kappa shape index (κ1) is 26.5. The zero-order valence-electron chi connectivity index (χ0n) is 19.4. The lowest BCUT2D eigenvalue weighted by Gasteiger charge is -2.28. The molecule has 0 aromatic heterocycles. The monoisotopic (exact) mass is 495 g/mol. The first-order valence-electron chi connectivity index (χ1n) is 11.7. The van der Waals surface area contributed by atoms with Gasteiger partial charge >= 0.3 is 5.97 Å². The lowest BCUT2D eigenvalue weighted by atomic mass is 9.96. The fourth-order valence-electron chi connectivity index (χ4n) is 4.66. The number of ether oxygens (including phenoxy) is 1. The topological polar surface area (TPSA) is 70.0 Å². The Kier molecular flexibility index (Phi) is 9.83. The lowest BCUT2D eigenvalue weighted by molar-refractivity contribution is -0.136. The van der Waals surface area contributed by atoms with Crippen LogP contribution in [0.4, 0.5) is 8.78 Å². The molecule has 2 aromatic carbocycles. The van der Waals surface area contributed by atoms with E-state index in [-0.39, 0.29) is 30.5 Å². The van der Waals surface area contributed by atoms with Crippen molar-refractivity contribution in [2.75, 3.05) is 19.7 Å². The van der Waals surface area contributed by atoms with Gasteiger partial charge in [0.15, 0.2) is 0 Å². The van der Waals surface area contributed by atoms with Crippen molar-refractivity contribution in [3.63, 3.8) is 0 Å². The highest BCUT2D eigenvalue weighted by Crippen LogP contribution is 2.28. The summed E-state index contributed by atoms with van der Waals surface area (Å²) in [6, 6.07) is 9.72. The summed E-state index contributed by atoms with van der Waals surface area (Å²) < 4.78 is 34.2. The summed E-state index contributed by atoms with van der Waals surface area (Å²) in [6.07, 6.45) is 1.93. The maximum absolute atomic E-state index is 14.4. The predicted octanol–water partition coefficient (Wildman–Crippen LogP) is 5.17. The zero-order chi connectivity index (χ0) is 24.7. The molecule has 186 valence electrons. The molecule has 1 heterocycles. The van der Waals surface area contributed by atoms with Crippen LogP contribution in [0.2, 0.25) is 5.02 Å². The van der Waals surface area contributed by atoms with Crippen LogP contribution in [0, 0.1) is 11.6 Å². The van der Waals surface area contributed by atoms with E-state index < -0.39 is 29.8 Å². The average molecular weight is 496 g/mol. The molecule has 2 aromatic rings. The molecule has 0 amide bonds. The number of carboxylic acids is 1. The van der Waals surface area contributed by atoms with E-state index in [4.69, 9.17) is 21.4 Å². The molecule has 1 fully saturated rings. The minimum Gasteiger partial charge on any atom is -0.481 e. The van der Waals surface area contributed by atoms with Gasteiger partial charge in [0.05, 0.1) is 23.8 Å². The number of hydrogen-bond acceptors (Lipinski definition) is 4. The van der Waals surface area contributed by atoms with Crippen molar-refractivity contribution in [1.82, 2.24) is 4.90 Å². The quantitative estimate of drug-likeness (QED) is 0.425. The third-order valence-electron chi connectivity index (χ3n) is 6.35. The molecule has 0 bridgehead atoms. The number of carboxylic acid groups (broad SMARTS) is 1. The number of likely N-dealkylation sites (tertiary alicyclic amines) is 1. The van der Waals surface area contributed by atoms with Crippen LogP contribution in [0.15, 0.2) is 36.4 Å². The molecule has 0 spiro atoms. The second-order valence-electron chi connectivity index (χ2n) is 8.83. The average Bonchev–Trinajstić information content (AvgIpc) is 3.22. The summed E-state index contributed by atoms with van der Waals surface area (Å²) in [5.74, 6) is -1.86. The maximum atomic E-state index is 14.4. The van der Waals surface area contributed by atoms with Gasteiger partial charge in [0.2, 0.25) is 0 Å². The van der Waals surface area contributed by atoms with E-state index in [1.165, 1.54) is 12.1 Å². The normalized spacial score (nSPS) is 18.2. The Morgan fingerprint density at radius 3 is 2.76 bits per heavy atom. The minimum atomic E-state index is -0.986. The van der Waals surface area contributed by atoms with Gasteiger partial charge in [-0.25, -0.2) is 8.78 Å². The van der Waals surface area contributed by atoms with Gasteiger partial charge < -0.3 is 14.9 Å². The molecule has 1 aliphatic rings. The Labute approximate surface area is 204 Å². The molecule has 1 aliphatic heterocycles. The van der Waals surface area contributed by atoms with Crippen LogP contribution in [0.3, 0.4) is 0 Å². The van der Waals surface area contributed by atoms with E-state index in [1.54, 1.807) is 18.2 Å². The molecule has 8 heteroatoms. The highest BCUT2D eigenvalue weighted by atomic mass is 35.5. The van der Waals surface area contributed by atoms with Crippen LogP contribution in [-0.4, -0.2) is 52.9 Å². The molecule has 0 aliphatic carbocycles. The SMILES string of the molecule is CC[C@@H](OCC(O)CN1CCCC1Cc1ccc(Cl)c(F)c1)c1cccc(F)c1CCC(=O)O. The van der Waals surface area contributed by atoms with Gasteiger partial charge in [0.1, 0.15) is 11.6 Å². The standard InChI is InChI=1S/C26H32ClF2NO4/c1-2-25(21-6-3-7-23(28)20(21)9-11-26(32)33)34-16-19(31)15-30-12-4-5-18(30)13-17-8-10-22(27)24(29)14-17/h3,6-8,10,14,18-19,25,31H,2,4-5,9,11-13,15-16H2,1H3,(H,32,33)/t18?,19?,25-/m1/s1. The maximum Gasteiger partial charge on any atom is 0.303 e. The minimum absolute atomic E-state index is 0.0756. The molecule has 2 N–H and O–H groups in total. The molecule has 5 nitrogen and oxygen atoms in total. The summed E-state index contributed by atoms with van der Waals surface area (Å²) in [7, 11) is 0. The number of aliphatic carboxylic acids is 1. The van der Waals surface area contributed by atoms with Gasteiger partial charge in [-0.05, 0) is 73.5 Å².